The van der Waals surface area contributed by atoms with Gasteiger partial charge in [0.25, 0.3) is 0 Å². The largest absolute Gasteiger partial charge is 0.494 e. The Balaban J connectivity index is 1.15. The molecule has 1 saturated heterocycles. The van der Waals surface area contributed by atoms with E-state index in [9.17, 15) is 4.79 Å². The van der Waals surface area contributed by atoms with E-state index in [1.54, 1.807) is 0 Å². The summed E-state index contributed by atoms with van der Waals surface area (Å²) in [6.45, 7) is 4.04. The van der Waals surface area contributed by atoms with Crippen LogP contribution in [0, 0.1) is 0 Å². The molecule has 0 amide bonds. The van der Waals surface area contributed by atoms with Gasteiger partial charge in [-0.3, -0.25) is 4.79 Å². The summed E-state index contributed by atoms with van der Waals surface area (Å²) in [5.74, 6) is 1.73. The van der Waals surface area contributed by atoms with Crippen molar-refractivity contribution in [1.29, 1.82) is 0 Å². The molecule has 4 rings (SSSR count). The lowest BCUT2D eigenvalue weighted by atomic mass is 9.89. The molecule has 2 aromatic carbocycles. The van der Waals surface area contributed by atoms with Gasteiger partial charge in [-0.1, -0.05) is 41.4 Å². The summed E-state index contributed by atoms with van der Waals surface area (Å²) >= 11 is 12.6. The van der Waals surface area contributed by atoms with E-state index in [4.69, 9.17) is 27.9 Å². The van der Waals surface area contributed by atoms with Crippen molar-refractivity contribution in [2.75, 3.05) is 26.2 Å². The molecule has 1 aliphatic carbocycles. The van der Waals surface area contributed by atoms with Gasteiger partial charge < -0.3 is 9.64 Å². The Hall–Kier alpha value is -1.55. The van der Waals surface area contributed by atoms with Crippen LogP contribution in [0.25, 0.3) is 0 Å². The van der Waals surface area contributed by atoms with Gasteiger partial charge in [-0.15, -0.1) is 0 Å². The lowest BCUT2D eigenvalue weighted by Crippen LogP contribution is -2.33. The molecule has 1 fully saturated rings. The van der Waals surface area contributed by atoms with E-state index in [1.165, 1.54) is 11.1 Å². The molecule has 0 N–H and O–H groups in total. The number of benzene rings is 2. The highest BCUT2D eigenvalue weighted by Gasteiger charge is 2.22. The molecule has 160 valence electrons. The number of ketones is 1. The maximum atomic E-state index is 11.7. The Bertz CT molecular complexity index is 891. The topological polar surface area (TPSA) is 29.5 Å². The Morgan fingerprint density at radius 2 is 1.83 bits per heavy atom. The van der Waals surface area contributed by atoms with Gasteiger partial charge in [-0.25, -0.2) is 0 Å². The van der Waals surface area contributed by atoms with E-state index in [1.807, 2.05) is 18.2 Å². The number of hydrogen-bond donors (Lipinski definition) is 0. The van der Waals surface area contributed by atoms with Crippen molar-refractivity contribution in [1.82, 2.24) is 4.90 Å². The van der Waals surface area contributed by atoms with Gasteiger partial charge in [-0.2, -0.15) is 0 Å². The van der Waals surface area contributed by atoms with Crippen LogP contribution in [0.3, 0.4) is 0 Å². The average Bonchev–Trinajstić information content (AvgIpc) is 2.76. The van der Waals surface area contributed by atoms with Crippen molar-refractivity contribution in [3.63, 3.8) is 0 Å². The smallest absolute Gasteiger partial charge is 0.137 e. The van der Waals surface area contributed by atoms with Gasteiger partial charge in [0.15, 0.2) is 0 Å². The predicted molar refractivity (Wildman–Crippen MR) is 123 cm³/mol. The fourth-order valence-electron chi connectivity index (χ4n) is 4.61. The molecule has 0 aromatic heterocycles. The zero-order chi connectivity index (χ0) is 20.9. The van der Waals surface area contributed by atoms with Crippen molar-refractivity contribution in [3.8, 4) is 5.75 Å². The zero-order valence-corrected chi connectivity index (χ0v) is 18.9. The average molecular weight is 446 g/mol. The van der Waals surface area contributed by atoms with Crippen LogP contribution in [-0.2, 0) is 17.6 Å². The fraction of sp³-hybridized carbons (Fsp3) is 0.480. The number of aryl methyl sites for hydroxylation is 1. The summed E-state index contributed by atoms with van der Waals surface area (Å²) in [5.41, 5.74) is 3.64. The number of carbonyl (C=O) groups excluding carboxylic acids is 1. The van der Waals surface area contributed by atoms with E-state index >= 15 is 0 Å². The number of ether oxygens (including phenoxy) is 1. The number of likely N-dealkylation sites (tertiary alicyclic amines) is 1. The standard InChI is InChI=1S/C25H29Cl2NO2/c26-24-5-3-4-23(25(24)27)19-10-13-28(14-11-19)12-1-2-15-30-22-9-7-18-6-8-21(29)16-20(18)17-22/h3-5,7,9,17,19H,1-2,6,8,10-16H2. The van der Waals surface area contributed by atoms with Crippen molar-refractivity contribution < 1.29 is 9.53 Å². The normalized spacial score (nSPS) is 17.7. The molecular weight excluding hydrogens is 417 g/mol. The Morgan fingerprint density at radius 3 is 2.67 bits per heavy atom. The van der Waals surface area contributed by atoms with Gasteiger partial charge in [0.1, 0.15) is 11.5 Å². The number of halogens is 2. The first-order chi connectivity index (χ1) is 14.6. The maximum absolute atomic E-state index is 11.7. The third kappa shape index (κ3) is 5.38. The summed E-state index contributed by atoms with van der Waals surface area (Å²) in [5, 5.41) is 1.38. The maximum Gasteiger partial charge on any atom is 0.137 e. The van der Waals surface area contributed by atoms with Crippen LogP contribution >= 0.6 is 23.2 Å². The monoisotopic (exact) mass is 445 g/mol. The Labute approximate surface area is 189 Å². The molecule has 2 aromatic rings. The number of unbranched alkanes of at least 4 members (excludes halogenated alkanes) is 1. The minimum atomic E-state index is 0.334. The highest BCUT2D eigenvalue weighted by atomic mass is 35.5. The van der Waals surface area contributed by atoms with E-state index < -0.39 is 0 Å². The van der Waals surface area contributed by atoms with Gasteiger partial charge in [0.05, 0.1) is 16.7 Å². The van der Waals surface area contributed by atoms with Crippen LogP contribution in [0.1, 0.15) is 54.7 Å². The van der Waals surface area contributed by atoms with Crippen molar-refractivity contribution in [2.45, 2.75) is 50.9 Å². The van der Waals surface area contributed by atoms with Gasteiger partial charge >= 0.3 is 0 Å². The van der Waals surface area contributed by atoms with Crippen LogP contribution in [0.2, 0.25) is 10.0 Å². The summed E-state index contributed by atoms with van der Waals surface area (Å²) in [4.78, 5) is 14.2. The minimum absolute atomic E-state index is 0.334. The Morgan fingerprint density at radius 1 is 1.00 bits per heavy atom. The number of fused-ring (bicyclic) bond motifs is 1. The first kappa shape index (κ1) is 21.7. The first-order valence-corrected chi connectivity index (χ1v) is 11.8. The number of carbonyl (C=O) groups is 1. The molecule has 0 unspecified atom stereocenters. The minimum Gasteiger partial charge on any atom is -0.494 e. The first-order valence-electron chi connectivity index (χ1n) is 11.0. The fourth-order valence-corrected chi connectivity index (χ4v) is 5.07. The third-order valence-corrected chi connectivity index (χ3v) is 7.22. The van der Waals surface area contributed by atoms with Gasteiger partial charge in [0.2, 0.25) is 0 Å². The van der Waals surface area contributed by atoms with E-state index in [0.29, 0.717) is 29.6 Å². The molecule has 30 heavy (non-hydrogen) atoms. The van der Waals surface area contributed by atoms with Gasteiger partial charge in [-0.05, 0) is 92.5 Å². The number of rotatable bonds is 7. The van der Waals surface area contributed by atoms with Gasteiger partial charge in [0, 0.05) is 12.8 Å². The lowest BCUT2D eigenvalue weighted by molar-refractivity contribution is -0.118. The number of Topliss-reactive ketones (excluding diaryl/α,β-unsaturated/α-hetero) is 1. The summed E-state index contributed by atoms with van der Waals surface area (Å²) in [6, 6.07) is 12.2. The van der Waals surface area contributed by atoms with Crippen LogP contribution in [0.4, 0.5) is 0 Å². The number of hydrogen-bond acceptors (Lipinski definition) is 3. The van der Waals surface area contributed by atoms with Crippen LogP contribution in [0.5, 0.6) is 5.75 Å². The van der Waals surface area contributed by atoms with E-state index in [2.05, 4.69) is 23.1 Å². The van der Waals surface area contributed by atoms with Crippen molar-refractivity contribution in [3.05, 3.63) is 63.1 Å². The number of piperidine rings is 1. The van der Waals surface area contributed by atoms with Crippen molar-refractivity contribution in [2.24, 2.45) is 0 Å². The van der Waals surface area contributed by atoms with E-state index in [0.717, 1.165) is 74.7 Å². The lowest BCUT2D eigenvalue weighted by Gasteiger charge is -2.32. The molecule has 2 aliphatic rings. The molecule has 5 heteroatoms. The molecule has 0 radical (unpaired) electrons. The third-order valence-electron chi connectivity index (χ3n) is 6.38. The highest BCUT2D eigenvalue weighted by Crippen LogP contribution is 2.36. The quantitative estimate of drug-likeness (QED) is 0.482. The van der Waals surface area contributed by atoms with Crippen LogP contribution in [-0.4, -0.2) is 36.9 Å². The molecule has 0 bridgehead atoms. The molecule has 1 aliphatic heterocycles. The summed E-state index contributed by atoms with van der Waals surface area (Å²) < 4.78 is 5.94. The molecule has 0 atom stereocenters. The second-order valence-corrected chi connectivity index (χ2v) is 9.25. The second-order valence-electron chi connectivity index (χ2n) is 8.46. The molecular formula is C25H29Cl2NO2. The number of nitrogens with zero attached hydrogens (tertiary/aromatic N) is 1. The van der Waals surface area contributed by atoms with Crippen LogP contribution in [0.15, 0.2) is 36.4 Å². The molecule has 3 nitrogen and oxygen atoms in total. The highest BCUT2D eigenvalue weighted by molar-refractivity contribution is 6.42. The van der Waals surface area contributed by atoms with Crippen molar-refractivity contribution >= 4 is 29.0 Å². The zero-order valence-electron chi connectivity index (χ0n) is 17.3. The molecule has 0 spiro atoms. The SMILES string of the molecule is O=C1CCc2ccc(OCCCCN3CCC(c4cccc(Cl)c4Cl)CC3)cc2C1. The molecule has 0 saturated carbocycles. The van der Waals surface area contributed by atoms with Crippen LogP contribution < -0.4 is 4.74 Å². The Kier molecular flexibility index (Phi) is 7.35. The molecule has 1 heterocycles. The summed E-state index contributed by atoms with van der Waals surface area (Å²) in [7, 11) is 0. The second kappa shape index (κ2) is 10.2. The van der Waals surface area contributed by atoms with E-state index in [-0.39, 0.29) is 0 Å². The summed E-state index contributed by atoms with van der Waals surface area (Å²) in [6.07, 6.45) is 6.53. The predicted octanol–water partition coefficient (Wildman–Crippen LogP) is 6.09.